The third-order valence-corrected chi connectivity index (χ3v) is 2.73. The van der Waals surface area contributed by atoms with Crippen molar-refractivity contribution in [2.45, 2.75) is 20.3 Å². The van der Waals surface area contributed by atoms with E-state index in [9.17, 15) is 0 Å². The Bertz CT molecular complexity index is 512. The molecule has 0 atom stereocenters. The molecule has 0 aliphatic carbocycles. The molecule has 2 aromatic rings. The van der Waals surface area contributed by atoms with Gasteiger partial charge in [0.2, 0.25) is 0 Å². The Morgan fingerprint density at radius 3 is 2.29 bits per heavy atom. The van der Waals surface area contributed by atoms with Crippen LogP contribution in [0.1, 0.15) is 18.1 Å². The largest absolute Gasteiger partial charge is 0.258 e. The second-order valence-electron chi connectivity index (χ2n) is 4.30. The first-order valence-electron chi connectivity index (χ1n) is 5.89. The van der Waals surface area contributed by atoms with Crippen LogP contribution in [0.2, 0.25) is 0 Å². The lowest BCUT2D eigenvalue weighted by atomic mass is 10.1. The third-order valence-electron chi connectivity index (χ3n) is 2.73. The number of para-hydroxylation sites is 1. The van der Waals surface area contributed by atoms with Gasteiger partial charge in [0, 0.05) is 12.1 Å². The molecule has 86 valence electrons. The molecule has 0 bridgehead atoms. The van der Waals surface area contributed by atoms with Crippen molar-refractivity contribution in [1.82, 2.24) is 0 Å². The highest BCUT2D eigenvalue weighted by atomic mass is 14.7. The molecule has 0 amide bonds. The van der Waals surface area contributed by atoms with Gasteiger partial charge in [0.15, 0.2) is 0 Å². The lowest BCUT2D eigenvalue weighted by molar-refractivity contribution is 1.28. The zero-order valence-electron chi connectivity index (χ0n) is 10.4. The maximum atomic E-state index is 4.67. The van der Waals surface area contributed by atoms with Crippen LogP contribution in [-0.2, 0) is 6.42 Å². The molecule has 2 rings (SSSR count). The van der Waals surface area contributed by atoms with Gasteiger partial charge in [0.1, 0.15) is 0 Å². The van der Waals surface area contributed by atoms with Crippen molar-refractivity contribution in [1.29, 1.82) is 0 Å². The minimum atomic E-state index is 0.912. The molecule has 0 heterocycles. The van der Waals surface area contributed by atoms with Crippen molar-refractivity contribution >= 4 is 11.4 Å². The maximum Gasteiger partial charge on any atom is 0.0658 e. The van der Waals surface area contributed by atoms with Crippen LogP contribution in [0.5, 0.6) is 0 Å². The van der Waals surface area contributed by atoms with E-state index in [-0.39, 0.29) is 0 Å². The maximum absolute atomic E-state index is 4.67. The van der Waals surface area contributed by atoms with Crippen molar-refractivity contribution in [3.05, 3.63) is 65.7 Å². The molecule has 0 saturated carbocycles. The second kappa shape index (κ2) is 5.44. The van der Waals surface area contributed by atoms with Gasteiger partial charge in [-0.1, -0.05) is 48.5 Å². The summed E-state index contributed by atoms with van der Waals surface area (Å²) in [6.07, 6.45) is 0.912. The summed E-state index contributed by atoms with van der Waals surface area (Å²) in [6.45, 7) is 4.17. The molecule has 0 unspecified atom stereocenters. The van der Waals surface area contributed by atoms with Crippen LogP contribution in [0, 0.1) is 6.92 Å². The number of hydrogen-bond acceptors (Lipinski definition) is 1. The third kappa shape index (κ3) is 3.28. The van der Waals surface area contributed by atoms with Crippen molar-refractivity contribution in [2.24, 2.45) is 4.99 Å². The first kappa shape index (κ1) is 11.6. The van der Waals surface area contributed by atoms with Crippen molar-refractivity contribution < 1.29 is 0 Å². The first-order chi connectivity index (χ1) is 8.25. The van der Waals surface area contributed by atoms with Crippen LogP contribution in [-0.4, -0.2) is 5.71 Å². The summed E-state index contributed by atoms with van der Waals surface area (Å²) in [5.74, 6) is 0. The van der Waals surface area contributed by atoms with Crippen LogP contribution in [0.15, 0.2) is 59.6 Å². The van der Waals surface area contributed by atoms with Crippen LogP contribution >= 0.6 is 0 Å². The fourth-order valence-corrected chi connectivity index (χ4v) is 1.83. The molecule has 0 N–H and O–H groups in total. The van der Waals surface area contributed by atoms with E-state index in [1.54, 1.807) is 0 Å². The van der Waals surface area contributed by atoms with Gasteiger partial charge in [-0.2, -0.15) is 0 Å². The number of rotatable bonds is 3. The molecule has 2 aromatic carbocycles. The molecular formula is C16H17N. The summed E-state index contributed by atoms with van der Waals surface area (Å²) in [5.41, 5.74) is 4.74. The van der Waals surface area contributed by atoms with Gasteiger partial charge in [-0.3, -0.25) is 4.99 Å². The molecule has 0 fully saturated rings. The Morgan fingerprint density at radius 1 is 0.941 bits per heavy atom. The summed E-state index contributed by atoms with van der Waals surface area (Å²) in [4.78, 5) is 4.67. The Labute approximate surface area is 103 Å². The first-order valence-corrected chi connectivity index (χ1v) is 5.89. The summed E-state index contributed by atoms with van der Waals surface area (Å²) in [5, 5.41) is 0. The Hall–Kier alpha value is -1.89. The summed E-state index contributed by atoms with van der Waals surface area (Å²) in [6, 6.07) is 18.7. The minimum absolute atomic E-state index is 0.912. The van der Waals surface area contributed by atoms with Crippen LogP contribution in [0.25, 0.3) is 0 Å². The summed E-state index contributed by atoms with van der Waals surface area (Å²) < 4.78 is 0. The molecule has 0 aliphatic heterocycles. The van der Waals surface area contributed by atoms with Gasteiger partial charge in [-0.25, -0.2) is 0 Å². The molecule has 0 aliphatic rings. The van der Waals surface area contributed by atoms with Crippen molar-refractivity contribution in [2.75, 3.05) is 0 Å². The normalized spacial score (nSPS) is 11.5. The number of aliphatic imine (C=N–C) groups is 1. The molecule has 0 saturated heterocycles. The van der Waals surface area contributed by atoms with E-state index in [1.807, 2.05) is 18.2 Å². The van der Waals surface area contributed by atoms with Crippen molar-refractivity contribution in [3.63, 3.8) is 0 Å². The fourth-order valence-electron chi connectivity index (χ4n) is 1.83. The molecule has 0 radical (unpaired) electrons. The van der Waals surface area contributed by atoms with Gasteiger partial charge < -0.3 is 0 Å². The SMILES string of the molecule is CC(Cc1ccccc1)=Nc1ccccc1C. The van der Waals surface area contributed by atoms with E-state index in [0.717, 1.165) is 17.8 Å². The number of hydrogen-bond donors (Lipinski definition) is 0. The van der Waals surface area contributed by atoms with Gasteiger partial charge in [-0.05, 0) is 31.0 Å². The van der Waals surface area contributed by atoms with E-state index >= 15 is 0 Å². The minimum Gasteiger partial charge on any atom is -0.258 e. The predicted octanol–water partition coefficient (Wildman–Crippen LogP) is 4.33. The van der Waals surface area contributed by atoms with E-state index in [1.165, 1.54) is 11.1 Å². The van der Waals surface area contributed by atoms with E-state index in [2.05, 4.69) is 55.2 Å². The quantitative estimate of drug-likeness (QED) is 0.687. The van der Waals surface area contributed by atoms with Crippen LogP contribution in [0.4, 0.5) is 5.69 Å². The molecule has 1 heteroatoms. The molecule has 17 heavy (non-hydrogen) atoms. The monoisotopic (exact) mass is 223 g/mol. The lowest BCUT2D eigenvalue weighted by Gasteiger charge is -2.03. The Kier molecular flexibility index (Phi) is 3.71. The average Bonchev–Trinajstić information content (AvgIpc) is 2.33. The second-order valence-corrected chi connectivity index (χ2v) is 4.30. The van der Waals surface area contributed by atoms with E-state index in [0.29, 0.717) is 0 Å². The summed E-state index contributed by atoms with van der Waals surface area (Å²) in [7, 11) is 0. The zero-order chi connectivity index (χ0) is 12.1. The highest BCUT2D eigenvalue weighted by molar-refractivity contribution is 5.86. The molecule has 0 aromatic heterocycles. The average molecular weight is 223 g/mol. The highest BCUT2D eigenvalue weighted by Gasteiger charge is 1.98. The van der Waals surface area contributed by atoms with Gasteiger partial charge in [0.05, 0.1) is 5.69 Å². The molecule has 0 spiro atoms. The molecule has 1 nitrogen and oxygen atoms in total. The number of aryl methyl sites for hydroxylation is 1. The number of nitrogens with zero attached hydrogens (tertiary/aromatic N) is 1. The Morgan fingerprint density at radius 2 is 1.59 bits per heavy atom. The Balaban J connectivity index is 2.16. The van der Waals surface area contributed by atoms with Crippen LogP contribution in [0.3, 0.4) is 0 Å². The van der Waals surface area contributed by atoms with E-state index < -0.39 is 0 Å². The molecular weight excluding hydrogens is 206 g/mol. The zero-order valence-corrected chi connectivity index (χ0v) is 10.4. The fraction of sp³-hybridized carbons (Fsp3) is 0.188. The predicted molar refractivity (Wildman–Crippen MR) is 74.1 cm³/mol. The van der Waals surface area contributed by atoms with Gasteiger partial charge in [0.25, 0.3) is 0 Å². The number of benzene rings is 2. The van der Waals surface area contributed by atoms with E-state index in [4.69, 9.17) is 0 Å². The standard InChI is InChI=1S/C16H17N/c1-13-8-6-7-11-16(13)17-14(2)12-15-9-4-3-5-10-15/h3-11H,12H2,1-2H3. The summed E-state index contributed by atoms with van der Waals surface area (Å²) >= 11 is 0. The lowest BCUT2D eigenvalue weighted by Crippen LogP contribution is -1.96. The van der Waals surface area contributed by atoms with Gasteiger partial charge in [-0.15, -0.1) is 0 Å². The highest BCUT2D eigenvalue weighted by Crippen LogP contribution is 2.18. The topological polar surface area (TPSA) is 12.4 Å². The van der Waals surface area contributed by atoms with Gasteiger partial charge >= 0.3 is 0 Å². The smallest absolute Gasteiger partial charge is 0.0658 e. The van der Waals surface area contributed by atoms with Crippen LogP contribution < -0.4 is 0 Å². The van der Waals surface area contributed by atoms with Crippen molar-refractivity contribution in [3.8, 4) is 0 Å².